The number of hydrogen-bond donors (Lipinski definition) is 1. The molecule has 1 aliphatic carbocycles. The van der Waals surface area contributed by atoms with Gasteiger partial charge in [0.05, 0.1) is 17.5 Å². The first-order valence-electron chi connectivity index (χ1n) is 7.74. The van der Waals surface area contributed by atoms with Crippen LogP contribution in [0.1, 0.15) is 29.6 Å². The zero-order valence-electron chi connectivity index (χ0n) is 13.9. The number of carbonyl (C=O) groups is 1. The molecule has 1 heterocycles. The van der Waals surface area contributed by atoms with Crippen LogP contribution in [-0.4, -0.2) is 36.9 Å². The summed E-state index contributed by atoms with van der Waals surface area (Å²) in [6.07, 6.45) is -1.38. The third kappa shape index (κ3) is 3.81. The highest BCUT2D eigenvalue weighted by Gasteiger charge is 2.47. The first kappa shape index (κ1) is 19.7. The quantitative estimate of drug-likeness (QED) is 0.723. The van der Waals surface area contributed by atoms with Crippen molar-refractivity contribution < 1.29 is 31.8 Å². The highest BCUT2D eigenvalue weighted by atomic mass is 79.9. The van der Waals surface area contributed by atoms with Gasteiger partial charge in [-0.2, -0.15) is 0 Å². The molecular formula is C17H14BrF2NO5S. The number of sulfone groups is 1. The van der Waals surface area contributed by atoms with Gasteiger partial charge in [-0.05, 0) is 39.7 Å². The van der Waals surface area contributed by atoms with Gasteiger partial charge in [0, 0.05) is 28.4 Å². The van der Waals surface area contributed by atoms with E-state index in [9.17, 15) is 22.0 Å². The maximum Gasteiger partial charge on any atom is 0.304 e. The zero-order valence-corrected chi connectivity index (χ0v) is 16.3. The Labute approximate surface area is 162 Å². The molecule has 0 fully saturated rings. The van der Waals surface area contributed by atoms with Crippen molar-refractivity contribution in [3.05, 3.63) is 46.2 Å². The highest BCUT2D eigenvalue weighted by molar-refractivity contribution is 9.10. The molecule has 0 bridgehead atoms. The number of rotatable bonds is 5. The first-order chi connectivity index (χ1) is 12.6. The molecule has 1 aliphatic rings. The van der Waals surface area contributed by atoms with Crippen molar-refractivity contribution in [2.45, 2.75) is 29.6 Å². The van der Waals surface area contributed by atoms with E-state index in [0.717, 1.165) is 6.26 Å². The minimum absolute atomic E-state index is 0.0830. The van der Waals surface area contributed by atoms with Crippen molar-refractivity contribution in [2.75, 3.05) is 6.26 Å². The van der Waals surface area contributed by atoms with Crippen LogP contribution in [0.25, 0.3) is 0 Å². The Morgan fingerprint density at radius 2 is 2.00 bits per heavy atom. The summed E-state index contributed by atoms with van der Waals surface area (Å²) in [5, 5.41) is 9.05. The molecular weight excluding hydrogens is 448 g/mol. The summed E-state index contributed by atoms with van der Waals surface area (Å²) >= 11 is 3.21. The van der Waals surface area contributed by atoms with E-state index in [1.54, 1.807) is 6.07 Å². The molecule has 0 saturated carbocycles. The summed E-state index contributed by atoms with van der Waals surface area (Å²) in [5.74, 6) is -2.64. The van der Waals surface area contributed by atoms with E-state index in [1.165, 1.54) is 24.5 Å². The normalized spacial score (nSPS) is 21.7. The number of ether oxygens (including phenoxy) is 1. The number of aromatic nitrogens is 1. The predicted molar refractivity (Wildman–Crippen MR) is 95.3 cm³/mol. The Kier molecular flexibility index (Phi) is 5.22. The van der Waals surface area contributed by atoms with E-state index >= 15 is 0 Å². The van der Waals surface area contributed by atoms with Crippen LogP contribution in [0.2, 0.25) is 0 Å². The average molecular weight is 462 g/mol. The third-order valence-electron chi connectivity index (χ3n) is 4.22. The molecule has 3 atom stereocenters. The summed E-state index contributed by atoms with van der Waals surface area (Å²) in [7, 11) is -3.84. The van der Waals surface area contributed by atoms with Gasteiger partial charge < -0.3 is 9.84 Å². The van der Waals surface area contributed by atoms with Crippen molar-refractivity contribution in [3.63, 3.8) is 0 Å². The molecule has 2 aromatic rings. The lowest BCUT2D eigenvalue weighted by Gasteiger charge is -2.16. The Balaban J connectivity index is 2.19. The summed E-state index contributed by atoms with van der Waals surface area (Å²) in [4.78, 5) is 14.7. The summed E-state index contributed by atoms with van der Waals surface area (Å²) in [6.45, 7) is 0. The maximum absolute atomic E-state index is 14.8. The lowest BCUT2D eigenvalue weighted by atomic mass is 9.96. The van der Waals surface area contributed by atoms with Gasteiger partial charge in [-0.3, -0.25) is 9.78 Å². The van der Waals surface area contributed by atoms with Crippen molar-refractivity contribution in [1.82, 2.24) is 4.98 Å². The number of benzene rings is 1. The fraction of sp³-hybridized carbons (Fsp3) is 0.294. The number of fused-ring (bicyclic) bond motifs is 1. The van der Waals surface area contributed by atoms with Crippen molar-refractivity contribution in [2.24, 2.45) is 0 Å². The molecule has 1 N–H and O–H groups in total. The number of halogens is 3. The first-order valence-corrected chi connectivity index (χ1v) is 10.4. The number of nitrogens with zero attached hydrogens (tertiary/aromatic N) is 1. The lowest BCUT2D eigenvalue weighted by Crippen LogP contribution is -2.16. The topological polar surface area (TPSA) is 93.6 Å². The van der Waals surface area contributed by atoms with Gasteiger partial charge in [0.2, 0.25) is 0 Å². The molecule has 1 aromatic heterocycles. The third-order valence-corrected chi connectivity index (χ3v) is 5.81. The predicted octanol–water partition coefficient (Wildman–Crippen LogP) is 3.96. The van der Waals surface area contributed by atoms with Crippen LogP contribution in [0.4, 0.5) is 8.78 Å². The van der Waals surface area contributed by atoms with Crippen LogP contribution < -0.4 is 4.74 Å². The van der Waals surface area contributed by atoms with Crippen LogP contribution >= 0.6 is 15.9 Å². The maximum atomic E-state index is 14.8. The fourth-order valence-electron chi connectivity index (χ4n) is 3.18. The second-order valence-electron chi connectivity index (χ2n) is 6.15. The molecule has 0 amide bonds. The van der Waals surface area contributed by atoms with Crippen LogP contribution in [0.5, 0.6) is 11.5 Å². The standard InChI is InChI=1S/C17H14BrF2NO5S/c1-27(24,25)12-3-2-11(26-9-4-8(18)6-21-7-9)15-14(12)10(5-13(22)23)16(19)17(15)20/h2-4,6-7,10,16-17H,5H2,1H3,(H,22,23)/t10-,16-,17+/m0/s1. The van der Waals surface area contributed by atoms with E-state index in [0.29, 0.717) is 4.47 Å². The molecule has 27 heavy (non-hydrogen) atoms. The van der Waals surface area contributed by atoms with Crippen molar-refractivity contribution >= 4 is 31.7 Å². The molecule has 6 nitrogen and oxygen atoms in total. The molecule has 0 saturated heterocycles. The summed E-state index contributed by atoms with van der Waals surface area (Å²) in [6, 6.07) is 3.96. The Morgan fingerprint density at radius 3 is 2.59 bits per heavy atom. The SMILES string of the molecule is CS(=O)(=O)c1ccc(Oc2cncc(Br)c2)c2c1[C@H](CC(=O)O)[C@H](F)[C@@H]2F. The van der Waals surface area contributed by atoms with Gasteiger partial charge in [0.25, 0.3) is 0 Å². The second kappa shape index (κ2) is 7.16. The molecule has 1 aromatic carbocycles. The molecule has 0 radical (unpaired) electrons. The number of hydrogen-bond acceptors (Lipinski definition) is 5. The smallest absolute Gasteiger partial charge is 0.304 e. The molecule has 144 valence electrons. The minimum Gasteiger partial charge on any atom is -0.481 e. The van der Waals surface area contributed by atoms with Crippen LogP contribution in [0.3, 0.4) is 0 Å². The Morgan fingerprint density at radius 1 is 1.30 bits per heavy atom. The van der Waals surface area contributed by atoms with Gasteiger partial charge >= 0.3 is 5.97 Å². The van der Waals surface area contributed by atoms with E-state index in [2.05, 4.69) is 20.9 Å². The summed E-state index contributed by atoms with van der Waals surface area (Å²) < 4.78 is 59.7. The molecule has 0 spiro atoms. The van der Waals surface area contributed by atoms with Gasteiger partial charge in [0.15, 0.2) is 16.0 Å². The highest BCUT2D eigenvalue weighted by Crippen LogP contribution is 2.52. The number of carboxylic acids is 1. The van der Waals surface area contributed by atoms with Gasteiger partial charge in [-0.25, -0.2) is 17.2 Å². The number of alkyl halides is 2. The van der Waals surface area contributed by atoms with Crippen molar-refractivity contribution in [3.8, 4) is 11.5 Å². The number of aliphatic carboxylic acids is 1. The van der Waals surface area contributed by atoms with Gasteiger partial charge in [-0.15, -0.1) is 0 Å². The monoisotopic (exact) mass is 461 g/mol. The Bertz CT molecular complexity index is 1010. The zero-order chi connectivity index (χ0) is 19.9. The van der Waals surface area contributed by atoms with E-state index in [-0.39, 0.29) is 27.5 Å². The number of carboxylic acid groups (broad SMARTS) is 1. The van der Waals surface area contributed by atoms with Gasteiger partial charge in [-0.1, -0.05) is 0 Å². The van der Waals surface area contributed by atoms with Gasteiger partial charge in [0.1, 0.15) is 17.7 Å². The van der Waals surface area contributed by atoms with Crippen molar-refractivity contribution in [1.29, 1.82) is 0 Å². The van der Waals surface area contributed by atoms with Crippen LogP contribution in [0, 0.1) is 0 Å². The van der Waals surface area contributed by atoms with E-state index in [1.807, 2.05) is 0 Å². The Hall–Kier alpha value is -2.07. The number of pyridine rings is 1. The van der Waals surface area contributed by atoms with E-state index < -0.39 is 40.5 Å². The molecule has 0 aliphatic heterocycles. The second-order valence-corrected chi connectivity index (χ2v) is 9.05. The molecule has 10 heteroatoms. The van der Waals surface area contributed by atoms with Crippen LogP contribution in [0.15, 0.2) is 40.0 Å². The fourth-order valence-corrected chi connectivity index (χ4v) is 4.50. The largest absolute Gasteiger partial charge is 0.481 e. The lowest BCUT2D eigenvalue weighted by molar-refractivity contribution is -0.137. The molecule has 3 rings (SSSR count). The van der Waals surface area contributed by atoms with E-state index in [4.69, 9.17) is 9.84 Å². The minimum atomic E-state index is -3.84. The average Bonchev–Trinajstić information content (AvgIpc) is 2.79. The molecule has 0 unspecified atom stereocenters. The van der Waals surface area contributed by atoms with Crippen LogP contribution in [-0.2, 0) is 14.6 Å². The summed E-state index contributed by atoms with van der Waals surface area (Å²) in [5.41, 5.74) is -0.461.